The van der Waals surface area contributed by atoms with Crippen molar-refractivity contribution in [2.24, 2.45) is 5.73 Å². The molecule has 1 aromatic rings. The Bertz CT molecular complexity index is 339. The van der Waals surface area contributed by atoms with Gasteiger partial charge in [0.2, 0.25) is 11.8 Å². The molecule has 0 aliphatic heterocycles. The number of methoxy groups -OCH3 is 2. The van der Waals surface area contributed by atoms with Crippen molar-refractivity contribution in [3.8, 4) is 11.8 Å². The van der Waals surface area contributed by atoms with E-state index >= 15 is 0 Å². The van der Waals surface area contributed by atoms with Crippen LogP contribution in [0.5, 0.6) is 11.8 Å². The quantitative estimate of drug-likeness (QED) is 0.795. The summed E-state index contributed by atoms with van der Waals surface area (Å²) in [4.78, 5) is 8.68. The molecule has 2 N–H and O–H groups in total. The highest BCUT2D eigenvalue weighted by atomic mass is 16.5. The molecule has 0 unspecified atom stereocenters. The smallest absolute Gasteiger partial charge is 0.224 e. The molecule has 2 rings (SSSR count). The van der Waals surface area contributed by atoms with Gasteiger partial charge in [-0.25, -0.2) is 0 Å². The molecule has 1 aliphatic carbocycles. The van der Waals surface area contributed by atoms with Gasteiger partial charge in [-0.05, 0) is 12.8 Å². The van der Waals surface area contributed by atoms with Crippen molar-refractivity contribution in [2.75, 3.05) is 14.2 Å². The molecule has 82 valence electrons. The highest BCUT2D eigenvalue weighted by Crippen LogP contribution is 2.40. The Morgan fingerprint density at radius 2 is 1.73 bits per heavy atom. The number of ether oxygens (including phenoxy) is 2. The summed E-state index contributed by atoms with van der Waals surface area (Å²) in [5.74, 6) is 2.35. The van der Waals surface area contributed by atoms with Gasteiger partial charge in [0.25, 0.3) is 0 Å². The molecule has 0 amide bonds. The molecule has 1 heterocycles. The Hall–Kier alpha value is -1.36. The second kappa shape index (κ2) is 4.02. The molecule has 5 nitrogen and oxygen atoms in total. The topological polar surface area (TPSA) is 70.3 Å². The molecule has 1 aromatic heterocycles. The van der Waals surface area contributed by atoms with Crippen LogP contribution in [-0.4, -0.2) is 24.2 Å². The highest BCUT2D eigenvalue weighted by molar-refractivity contribution is 5.36. The normalized spacial score (nSPS) is 15.1. The molecule has 0 spiro atoms. The fourth-order valence-electron chi connectivity index (χ4n) is 1.50. The maximum atomic E-state index is 5.60. The SMILES string of the molecule is COc1nc(C2CC2)nc(OC)c1CN. The van der Waals surface area contributed by atoms with E-state index in [2.05, 4.69) is 9.97 Å². The minimum atomic E-state index is 0.317. The van der Waals surface area contributed by atoms with E-state index in [9.17, 15) is 0 Å². The number of hydrogen-bond acceptors (Lipinski definition) is 5. The van der Waals surface area contributed by atoms with Crippen LogP contribution < -0.4 is 15.2 Å². The third-order valence-corrected chi connectivity index (χ3v) is 2.48. The average Bonchev–Trinajstić information content (AvgIpc) is 3.10. The summed E-state index contributed by atoms with van der Waals surface area (Å²) in [7, 11) is 3.16. The Balaban J connectivity index is 2.45. The summed E-state index contributed by atoms with van der Waals surface area (Å²) in [6, 6.07) is 0. The Labute approximate surface area is 88.6 Å². The zero-order valence-corrected chi connectivity index (χ0v) is 8.99. The minimum absolute atomic E-state index is 0.317. The number of aromatic nitrogens is 2. The third kappa shape index (κ3) is 1.87. The van der Waals surface area contributed by atoms with Crippen molar-refractivity contribution < 1.29 is 9.47 Å². The Morgan fingerprint density at radius 3 is 2.07 bits per heavy atom. The molecular formula is C10H15N3O2. The monoisotopic (exact) mass is 209 g/mol. The van der Waals surface area contributed by atoms with Crippen LogP contribution in [0, 0.1) is 0 Å². The van der Waals surface area contributed by atoms with Crippen molar-refractivity contribution in [1.82, 2.24) is 9.97 Å². The summed E-state index contributed by atoms with van der Waals surface area (Å²) >= 11 is 0. The lowest BCUT2D eigenvalue weighted by atomic mass is 10.3. The highest BCUT2D eigenvalue weighted by Gasteiger charge is 2.29. The molecule has 0 aromatic carbocycles. The lowest BCUT2D eigenvalue weighted by molar-refractivity contribution is 0.359. The van der Waals surface area contributed by atoms with Gasteiger partial charge in [-0.2, -0.15) is 9.97 Å². The van der Waals surface area contributed by atoms with E-state index in [1.165, 1.54) is 0 Å². The first-order chi connectivity index (χ1) is 7.30. The van der Waals surface area contributed by atoms with Crippen LogP contribution >= 0.6 is 0 Å². The first kappa shape index (κ1) is 10.2. The van der Waals surface area contributed by atoms with Crippen molar-refractivity contribution in [1.29, 1.82) is 0 Å². The van der Waals surface area contributed by atoms with Crippen LogP contribution in [0.3, 0.4) is 0 Å². The van der Waals surface area contributed by atoms with Crippen molar-refractivity contribution in [3.05, 3.63) is 11.4 Å². The number of hydrogen-bond donors (Lipinski definition) is 1. The van der Waals surface area contributed by atoms with E-state index < -0.39 is 0 Å². The van der Waals surface area contributed by atoms with Crippen molar-refractivity contribution in [2.45, 2.75) is 25.3 Å². The first-order valence-corrected chi connectivity index (χ1v) is 4.99. The van der Waals surface area contributed by atoms with Crippen molar-refractivity contribution in [3.63, 3.8) is 0 Å². The molecule has 1 fully saturated rings. The van der Waals surface area contributed by atoms with Gasteiger partial charge in [0.15, 0.2) is 0 Å². The molecule has 0 saturated heterocycles. The van der Waals surface area contributed by atoms with Gasteiger partial charge >= 0.3 is 0 Å². The zero-order valence-electron chi connectivity index (χ0n) is 8.99. The molecule has 0 bridgehead atoms. The fourth-order valence-corrected chi connectivity index (χ4v) is 1.50. The van der Waals surface area contributed by atoms with Gasteiger partial charge in [0.05, 0.1) is 19.8 Å². The second-order valence-corrected chi connectivity index (χ2v) is 3.56. The van der Waals surface area contributed by atoms with Crippen LogP contribution in [0.1, 0.15) is 30.1 Å². The van der Waals surface area contributed by atoms with Crippen LogP contribution in [0.15, 0.2) is 0 Å². The number of nitrogens with two attached hydrogens (primary N) is 1. The predicted molar refractivity (Wildman–Crippen MR) is 55.0 cm³/mol. The molecule has 15 heavy (non-hydrogen) atoms. The van der Waals surface area contributed by atoms with Crippen molar-refractivity contribution >= 4 is 0 Å². The largest absolute Gasteiger partial charge is 0.481 e. The molecule has 0 radical (unpaired) electrons. The lowest BCUT2D eigenvalue weighted by Gasteiger charge is -2.11. The van der Waals surface area contributed by atoms with E-state index in [0.29, 0.717) is 24.2 Å². The maximum absolute atomic E-state index is 5.60. The van der Waals surface area contributed by atoms with Gasteiger partial charge in [-0.15, -0.1) is 0 Å². The first-order valence-electron chi connectivity index (χ1n) is 4.99. The van der Waals surface area contributed by atoms with Crippen LogP contribution in [0.25, 0.3) is 0 Å². The van der Waals surface area contributed by atoms with E-state index in [1.54, 1.807) is 14.2 Å². The minimum Gasteiger partial charge on any atom is -0.481 e. The Morgan fingerprint density at radius 1 is 1.20 bits per heavy atom. The summed E-state index contributed by atoms with van der Waals surface area (Å²) < 4.78 is 10.4. The molecule has 1 saturated carbocycles. The van der Waals surface area contributed by atoms with Crippen LogP contribution in [-0.2, 0) is 6.54 Å². The zero-order chi connectivity index (χ0) is 10.8. The Kier molecular flexibility index (Phi) is 2.73. The van der Waals surface area contributed by atoms with Crippen LogP contribution in [0.4, 0.5) is 0 Å². The molecule has 5 heteroatoms. The van der Waals surface area contributed by atoms with Gasteiger partial charge in [-0.3, -0.25) is 0 Å². The number of rotatable bonds is 4. The van der Waals surface area contributed by atoms with E-state index in [-0.39, 0.29) is 0 Å². The van der Waals surface area contributed by atoms with Crippen LogP contribution in [0.2, 0.25) is 0 Å². The summed E-state index contributed by atoms with van der Waals surface area (Å²) in [5, 5.41) is 0. The fraction of sp³-hybridized carbons (Fsp3) is 0.600. The second-order valence-electron chi connectivity index (χ2n) is 3.56. The average molecular weight is 209 g/mol. The summed E-state index contributed by atoms with van der Waals surface area (Å²) in [5.41, 5.74) is 6.33. The van der Waals surface area contributed by atoms with Gasteiger partial charge in [-0.1, -0.05) is 0 Å². The standard InChI is InChI=1S/C10H15N3O2/c1-14-9-7(5-11)10(15-2)13-8(12-9)6-3-4-6/h6H,3-5,11H2,1-2H3. The van der Waals surface area contributed by atoms with E-state index in [0.717, 1.165) is 24.2 Å². The summed E-state index contributed by atoms with van der Waals surface area (Å²) in [6.07, 6.45) is 2.29. The van der Waals surface area contributed by atoms with E-state index in [4.69, 9.17) is 15.2 Å². The van der Waals surface area contributed by atoms with Gasteiger partial charge in [0, 0.05) is 12.5 Å². The molecule has 0 atom stereocenters. The van der Waals surface area contributed by atoms with Gasteiger partial charge in [0.1, 0.15) is 5.82 Å². The molecule has 1 aliphatic rings. The summed E-state index contributed by atoms with van der Waals surface area (Å²) in [6.45, 7) is 0.317. The number of nitrogens with zero attached hydrogens (tertiary/aromatic N) is 2. The third-order valence-electron chi connectivity index (χ3n) is 2.48. The molecular weight excluding hydrogens is 194 g/mol. The van der Waals surface area contributed by atoms with E-state index in [1.807, 2.05) is 0 Å². The maximum Gasteiger partial charge on any atom is 0.224 e. The predicted octanol–water partition coefficient (Wildman–Crippen LogP) is 0.830. The lowest BCUT2D eigenvalue weighted by Crippen LogP contribution is -2.08. The van der Waals surface area contributed by atoms with Gasteiger partial charge < -0.3 is 15.2 Å².